The minimum atomic E-state index is -0.0316. The first-order valence-corrected chi connectivity index (χ1v) is 15.7. The Morgan fingerprint density at radius 1 is 0.800 bits per heavy atom. The van der Waals surface area contributed by atoms with Gasteiger partial charge in [0.25, 0.3) is 0 Å². The molecule has 0 saturated carbocycles. The van der Waals surface area contributed by atoms with Gasteiger partial charge in [-0.15, -0.1) is 29.8 Å². The summed E-state index contributed by atoms with van der Waals surface area (Å²) in [6.07, 6.45) is 5.57. The molecule has 0 unspecified atom stereocenters. The molecule has 4 aliphatic carbocycles. The molecule has 1 radical (unpaired) electrons. The minimum absolute atomic E-state index is 0. The van der Waals surface area contributed by atoms with E-state index in [1.54, 1.807) is 0 Å². The van der Waals surface area contributed by atoms with Gasteiger partial charge in [0.2, 0.25) is 0 Å². The molecule has 5 aromatic rings. The Balaban J connectivity index is 0.000000332. The summed E-state index contributed by atoms with van der Waals surface area (Å²) in [5.74, 6) is 0.161. The number of aryl methyl sites for hydroxylation is 5. The van der Waals surface area contributed by atoms with Crippen LogP contribution in [0.25, 0.3) is 33.3 Å². The number of allylic oxidation sites excluding steroid dienone is 2. The van der Waals surface area contributed by atoms with Gasteiger partial charge >= 0.3 is 0 Å². The molecule has 0 saturated heterocycles. The number of hydrogen-bond donors (Lipinski definition) is 1. The molecule has 4 bridgehead atoms. The maximum atomic E-state index is 11.0. The van der Waals surface area contributed by atoms with Crippen molar-refractivity contribution < 1.29 is 30.0 Å². The van der Waals surface area contributed by atoms with E-state index in [1.165, 1.54) is 50.4 Å². The molecule has 233 valence electrons. The van der Waals surface area contributed by atoms with Gasteiger partial charge in [-0.2, -0.15) is 0 Å². The molecule has 1 aromatic heterocycles. The van der Waals surface area contributed by atoms with Crippen LogP contribution in [-0.4, -0.2) is 15.9 Å². The molecule has 4 aromatic carbocycles. The number of rotatable bonds is 5. The number of nitrogens with zero attached hydrogens (tertiary/aromatic N) is 1. The van der Waals surface area contributed by atoms with E-state index < -0.39 is 0 Å². The number of aliphatic hydroxyl groups excluding tert-OH is 1. The maximum absolute atomic E-state index is 11.0. The average Bonchev–Trinajstić information content (AvgIpc) is 3.02. The first-order valence-electron chi connectivity index (χ1n) is 15.7. The molecule has 0 spiro atoms. The molecule has 1 heterocycles. The summed E-state index contributed by atoms with van der Waals surface area (Å²) in [6, 6.07) is 36.8. The fourth-order valence-corrected chi connectivity index (χ4v) is 5.42. The van der Waals surface area contributed by atoms with Crippen LogP contribution in [0.3, 0.4) is 0 Å². The van der Waals surface area contributed by atoms with Crippen molar-refractivity contribution in [2.24, 2.45) is 11.8 Å². The maximum Gasteiger partial charge on any atom is 0.161 e. The Labute approximate surface area is 281 Å². The van der Waals surface area contributed by atoms with Crippen LogP contribution in [0.1, 0.15) is 55.5 Å². The normalized spacial score (nSPS) is 12.7. The van der Waals surface area contributed by atoms with Crippen LogP contribution in [0, 0.1) is 24.8 Å². The summed E-state index contributed by atoms with van der Waals surface area (Å²) in [4.78, 5) is 15.9. The van der Waals surface area contributed by atoms with Crippen molar-refractivity contribution in [2.45, 2.75) is 60.3 Å². The van der Waals surface area contributed by atoms with Crippen LogP contribution in [0.4, 0.5) is 0 Å². The van der Waals surface area contributed by atoms with Crippen molar-refractivity contribution in [3.63, 3.8) is 0 Å². The van der Waals surface area contributed by atoms with Crippen LogP contribution in [-0.2, 0) is 50.6 Å². The molecule has 0 amide bonds. The Bertz CT molecular complexity index is 1780. The van der Waals surface area contributed by atoms with E-state index in [1.807, 2.05) is 33.8 Å². The third-order valence-corrected chi connectivity index (χ3v) is 8.36. The average molecular weight is 773 g/mol. The molecule has 0 fully saturated rings. The summed E-state index contributed by atoms with van der Waals surface area (Å²) in [5, 5.41) is 10.4. The van der Waals surface area contributed by atoms with Gasteiger partial charge in [-0.05, 0) is 72.2 Å². The fourth-order valence-electron chi connectivity index (χ4n) is 5.42. The van der Waals surface area contributed by atoms with Crippen molar-refractivity contribution in [1.82, 2.24) is 4.98 Å². The zero-order valence-corrected chi connectivity index (χ0v) is 29.3. The van der Waals surface area contributed by atoms with Crippen LogP contribution < -0.4 is 0 Å². The van der Waals surface area contributed by atoms with Gasteiger partial charge < -0.3 is 5.11 Å². The second kappa shape index (κ2) is 15.4. The Hall–Kier alpha value is -3.85. The van der Waals surface area contributed by atoms with Gasteiger partial charge in [-0.3, -0.25) is 9.78 Å². The quantitative estimate of drug-likeness (QED) is 0.110. The summed E-state index contributed by atoms with van der Waals surface area (Å²) in [5.41, 5.74) is 12.5. The Kier molecular flexibility index (Phi) is 11.7. The molecule has 0 atom stereocenters. The largest absolute Gasteiger partial charge is 0.512 e. The predicted octanol–water partition coefficient (Wildman–Crippen LogP) is 9.87. The van der Waals surface area contributed by atoms with Gasteiger partial charge in [0.1, 0.15) is 0 Å². The van der Waals surface area contributed by atoms with Gasteiger partial charge in [-0.25, -0.2) is 0 Å². The van der Waals surface area contributed by atoms with Crippen molar-refractivity contribution in [3.05, 3.63) is 137 Å². The standard InChI is InChI=1S/C32H26N.C9H16O2.Ir/c1-22-20-32(33-31-5-3-2-4-29(22)31)28-18-16-27(17-19-28)30-21-25-11-10-23-6-8-24(9-7-23)12-14-26(30)15-13-25;1-6(2)8(10)5-9(11)7(3)4;/h2-9,13,15-18,20-21H,10-12,14H2,1H3;5-7,10H,1-4H3;/q-1;;/b;8-5-;. The summed E-state index contributed by atoms with van der Waals surface area (Å²) in [6.45, 7) is 9.47. The summed E-state index contributed by atoms with van der Waals surface area (Å²) < 4.78 is 0. The smallest absolute Gasteiger partial charge is 0.161 e. The fraction of sp³-hybridized carbons (Fsp3) is 0.268. The van der Waals surface area contributed by atoms with Crippen LogP contribution in [0.15, 0.2) is 103 Å². The number of pyridine rings is 1. The van der Waals surface area contributed by atoms with E-state index in [9.17, 15) is 9.90 Å². The van der Waals surface area contributed by atoms with E-state index in [0.29, 0.717) is 0 Å². The monoisotopic (exact) mass is 773 g/mol. The zero-order valence-electron chi connectivity index (χ0n) is 26.9. The Morgan fingerprint density at radius 2 is 1.44 bits per heavy atom. The molecule has 4 aliphatic rings. The molecule has 3 nitrogen and oxygen atoms in total. The number of benzene rings is 4. The second-order valence-electron chi connectivity index (χ2n) is 12.4. The number of aliphatic hydroxyl groups is 1. The van der Waals surface area contributed by atoms with Crippen molar-refractivity contribution in [2.75, 3.05) is 0 Å². The third kappa shape index (κ3) is 8.66. The topological polar surface area (TPSA) is 50.2 Å². The van der Waals surface area contributed by atoms with Gasteiger partial charge in [0, 0.05) is 43.4 Å². The van der Waals surface area contributed by atoms with Gasteiger partial charge in [-0.1, -0.05) is 106 Å². The molecule has 45 heavy (non-hydrogen) atoms. The van der Waals surface area contributed by atoms with E-state index in [-0.39, 0.29) is 43.5 Å². The van der Waals surface area contributed by atoms with E-state index in [2.05, 4.69) is 97.9 Å². The third-order valence-electron chi connectivity index (χ3n) is 8.36. The number of ketones is 1. The van der Waals surface area contributed by atoms with Crippen LogP contribution >= 0.6 is 0 Å². The van der Waals surface area contributed by atoms with Crippen molar-refractivity contribution >= 4 is 16.7 Å². The Morgan fingerprint density at radius 3 is 2.09 bits per heavy atom. The van der Waals surface area contributed by atoms with Crippen molar-refractivity contribution in [1.29, 1.82) is 0 Å². The van der Waals surface area contributed by atoms with E-state index >= 15 is 0 Å². The number of carbonyl (C=O) groups is 1. The number of carbonyl (C=O) groups excluding carboxylic acids is 1. The van der Waals surface area contributed by atoms with E-state index in [0.717, 1.165) is 42.5 Å². The first-order chi connectivity index (χ1) is 21.2. The first kappa shape index (κ1) is 34.0. The van der Waals surface area contributed by atoms with Gasteiger partial charge in [0.05, 0.1) is 11.3 Å². The van der Waals surface area contributed by atoms with Crippen LogP contribution in [0.2, 0.25) is 0 Å². The zero-order chi connectivity index (χ0) is 31.2. The number of fused-ring (bicyclic) bond motifs is 1. The van der Waals surface area contributed by atoms with Crippen LogP contribution in [0.5, 0.6) is 0 Å². The molecule has 0 aliphatic heterocycles. The van der Waals surface area contributed by atoms with E-state index in [4.69, 9.17) is 4.98 Å². The number of para-hydroxylation sites is 1. The molecular weight excluding hydrogens is 731 g/mol. The summed E-state index contributed by atoms with van der Waals surface area (Å²) >= 11 is 0. The molecule has 4 heteroatoms. The second-order valence-corrected chi connectivity index (χ2v) is 12.4. The van der Waals surface area contributed by atoms with Gasteiger partial charge in [0.15, 0.2) is 5.78 Å². The molecule has 1 N–H and O–H groups in total. The van der Waals surface area contributed by atoms with Crippen molar-refractivity contribution in [3.8, 4) is 22.4 Å². The minimum Gasteiger partial charge on any atom is -0.512 e. The number of hydrogen-bond acceptors (Lipinski definition) is 3. The number of aromatic nitrogens is 1. The SMILES string of the molecule is CC(C)C(=O)/C=C(\O)C(C)C.Cc1cc(-c2[c-]cc(-c3cc4ccc3CCc3ccc(cc3)CC4)cc2)nc2ccccc12.[Ir]. The molecule has 9 rings (SSSR count). The molecular formula is C41H42IrNO2-. The predicted molar refractivity (Wildman–Crippen MR) is 183 cm³/mol. The summed E-state index contributed by atoms with van der Waals surface area (Å²) in [7, 11) is 0.